The molecule has 2 N–H and O–H groups in total. The van der Waals surface area contributed by atoms with E-state index in [9.17, 15) is 27.6 Å². The van der Waals surface area contributed by atoms with E-state index in [0.717, 1.165) is 6.07 Å². The molecule has 2 aromatic rings. The molecule has 0 bridgehead atoms. The molecule has 126 valence electrons. The lowest BCUT2D eigenvalue weighted by atomic mass is 10.2. The maximum atomic E-state index is 12.6. The van der Waals surface area contributed by atoms with Gasteiger partial charge in [-0.05, 0) is 30.3 Å². The molecule has 0 fully saturated rings. The molecule has 0 aliphatic rings. The van der Waals surface area contributed by atoms with Gasteiger partial charge in [0.2, 0.25) is 5.91 Å². The summed E-state index contributed by atoms with van der Waals surface area (Å²) < 4.78 is 38.5. The van der Waals surface area contributed by atoms with E-state index in [1.807, 2.05) is 0 Å². The van der Waals surface area contributed by atoms with Crippen molar-refractivity contribution in [2.75, 3.05) is 5.32 Å². The van der Waals surface area contributed by atoms with Crippen LogP contribution < -0.4 is 10.9 Å². The maximum Gasteiger partial charge on any atom is 0.417 e. The number of nitrogens with zero attached hydrogens (tertiary/aromatic N) is 1. The van der Waals surface area contributed by atoms with E-state index in [1.54, 1.807) is 0 Å². The molecule has 0 saturated carbocycles. The molecule has 6 nitrogen and oxygen atoms in total. The quantitative estimate of drug-likeness (QED) is 0.893. The number of hydrogen-bond acceptors (Lipinski definition) is 3. The van der Waals surface area contributed by atoms with E-state index in [1.165, 1.54) is 24.3 Å². The van der Waals surface area contributed by atoms with Gasteiger partial charge in [-0.2, -0.15) is 13.2 Å². The Balaban J connectivity index is 2.12. The molecular formula is C15H11F3N2O4. The first-order chi connectivity index (χ1) is 11.2. The second-order valence-corrected chi connectivity index (χ2v) is 4.81. The molecule has 9 heteroatoms. The van der Waals surface area contributed by atoms with Gasteiger partial charge in [0.15, 0.2) is 0 Å². The number of anilines is 1. The number of carbonyl (C=O) groups excluding carboxylic acids is 1. The summed E-state index contributed by atoms with van der Waals surface area (Å²) >= 11 is 0. The summed E-state index contributed by atoms with van der Waals surface area (Å²) in [4.78, 5) is 34.1. The van der Waals surface area contributed by atoms with Gasteiger partial charge in [-0.15, -0.1) is 0 Å². The maximum absolute atomic E-state index is 12.6. The zero-order valence-corrected chi connectivity index (χ0v) is 12.0. The van der Waals surface area contributed by atoms with Crippen LogP contribution >= 0.6 is 0 Å². The van der Waals surface area contributed by atoms with Crippen LogP contribution in [0.15, 0.2) is 47.4 Å². The predicted molar refractivity (Wildman–Crippen MR) is 77.7 cm³/mol. The Kier molecular flexibility index (Phi) is 4.72. The summed E-state index contributed by atoms with van der Waals surface area (Å²) in [5.41, 5.74) is -1.52. The van der Waals surface area contributed by atoms with Crippen LogP contribution in [-0.4, -0.2) is 21.6 Å². The van der Waals surface area contributed by atoms with Crippen molar-refractivity contribution in [2.45, 2.75) is 12.7 Å². The molecular weight excluding hydrogens is 329 g/mol. The van der Waals surface area contributed by atoms with Crippen LogP contribution in [0, 0.1) is 0 Å². The highest BCUT2D eigenvalue weighted by molar-refractivity contribution is 5.92. The minimum absolute atomic E-state index is 0.0158. The fourth-order valence-corrected chi connectivity index (χ4v) is 1.87. The third kappa shape index (κ3) is 4.22. The number of benzene rings is 1. The smallest absolute Gasteiger partial charge is 0.417 e. The van der Waals surface area contributed by atoms with Crippen LogP contribution in [-0.2, 0) is 17.5 Å². The fourth-order valence-electron chi connectivity index (χ4n) is 1.87. The highest BCUT2D eigenvalue weighted by Gasteiger charge is 2.31. The minimum Gasteiger partial charge on any atom is -0.478 e. The largest absolute Gasteiger partial charge is 0.478 e. The standard InChI is InChI=1S/C15H11F3N2O4/c16-15(17,18)10-3-6-13(22)20(7-10)8-12(21)19-11-4-1-9(2-5-11)14(23)24/h1-7H,8H2,(H,19,21)(H,23,24). The van der Waals surface area contributed by atoms with Crippen LogP contribution in [0.25, 0.3) is 0 Å². The average Bonchev–Trinajstić information content (AvgIpc) is 2.48. The Labute approximate surface area is 133 Å². The zero-order chi connectivity index (χ0) is 17.9. The first-order valence-electron chi connectivity index (χ1n) is 6.58. The normalized spacial score (nSPS) is 11.1. The Morgan fingerprint density at radius 1 is 1.08 bits per heavy atom. The molecule has 0 saturated heterocycles. The number of pyridine rings is 1. The van der Waals surface area contributed by atoms with Crippen molar-refractivity contribution in [3.05, 3.63) is 64.1 Å². The molecule has 1 heterocycles. The predicted octanol–water partition coefficient (Wildman–Crippen LogP) is 2.20. The number of carboxylic acid groups (broad SMARTS) is 1. The summed E-state index contributed by atoms with van der Waals surface area (Å²) in [5.74, 6) is -1.86. The van der Waals surface area contributed by atoms with Gasteiger partial charge >= 0.3 is 12.1 Å². The van der Waals surface area contributed by atoms with Gasteiger partial charge in [0, 0.05) is 18.0 Å². The lowest BCUT2D eigenvalue weighted by Crippen LogP contribution is -2.28. The topological polar surface area (TPSA) is 88.4 Å². The molecule has 1 aromatic carbocycles. The molecule has 0 aliphatic carbocycles. The van der Waals surface area contributed by atoms with Crippen molar-refractivity contribution in [1.29, 1.82) is 0 Å². The van der Waals surface area contributed by atoms with Crippen LogP contribution in [0.5, 0.6) is 0 Å². The molecule has 2 rings (SSSR count). The average molecular weight is 340 g/mol. The Morgan fingerprint density at radius 3 is 2.25 bits per heavy atom. The second kappa shape index (κ2) is 6.57. The van der Waals surface area contributed by atoms with Crippen molar-refractivity contribution >= 4 is 17.6 Å². The number of hydrogen-bond donors (Lipinski definition) is 2. The van der Waals surface area contributed by atoms with Crippen molar-refractivity contribution in [2.24, 2.45) is 0 Å². The number of amides is 1. The molecule has 1 amide bonds. The Morgan fingerprint density at radius 2 is 1.71 bits per heavy atom. The van der Waals surface area contributed by atoms with E-state index in [4.69, 9.17) is 5.11 Å². The van der Waals surface area contributed by atoms with E-state index < -0.39 is 35.7 Å². The molecule has 0 aliphatic heterocycles. The summed E-state index contributed by atoms with van der Waals surface area (Å²) in [6.07, 6.45) is -4.06. The van der Waals surface area contributed by atoms with Gasteiger partial charge < -0.3 is 15.0 Å². The SMILES string of the molecule is O=C(Cn1cc(C(F)(F)F)ccc1=O)Nc1ccc(C(=O)O)cc1. The summed E-state index contributed by atoms with van der Waals surface area (Å²) in [6.45, 7) is -0.608. The summed E-state index contributed by atoms with van der Waals surface area (Å²) in [7, 11) is 0. The first-order valence-corrected chi connectivity index (χ1v) is 6.58. The lowest BCUT2D eigenvalue weighted by molar-refractivity contribution is -0.138. The number of rotatable bonds is 4. The van der Waals surface area contributed by atoms with Crippen LogP contribution in [0.4, 0.5) is 18.9 Å². The van der Waals surface area contributed by atoms with Crippen molar-refractivity contribution < 1.29 is 27.9 Å². The molecule has 0 radical (unpaired) electrons. The van der Waals surface area contributed by atoms with Gasteiger partial charge in [-0.25, -0.2) is 4.79 Å². The number of alkyl halides is 3. The molecule has 0 spiro atoms. The Hall–Kier alpha value is -3.10. The first kappa shape index (κ1) is 17.3. The van der Waals surface area contributed by atoms with Crippen molar-refractivity contribution in [1.82, 2.24) is 4.57 Å². The Bertz CT molecular complexity index is 826. The number of aromatic nitrogens is 1. The number of carbonyl (C=O) groups is 2. The highest BCUT2D eigenvalue weighted by atomic mass is 19.4. The fraction of sp³-hybridized carbons (Fsp3) is 0.133. The van der Waals surface area contributed by atoms with Gasteiger partial charge in [0.05, 0.1) is 11.1 Å². The second-order valence-electron chi connectivity index (χ2n) is 4.81. The van der Waals surface area contributed by atoms with E-state index in [-0.39, 0.29) is 11.3 Å². The summed E-state index contributed by atoms with van der Waals surface area (Å²) in [6, 6.07) is 6.55. The molecule has 0 atom stereocenters. The van der Waals surface area contributed by atoms with E-state index >= 15 is 0 Å². The van der Waals surface area contributed by atoms with E-state index in [0.29, 0.717) is 16.8 Å². The highest BCUT2D eigenvalue weighted by Crippen LogP contribution is 2.27. The number of aromatic carboxylic acids is 1. The number of halogens is 3. The van der Waals surface area contributed by atoms with Crippen molar-refractivity contribution in [3.63, 3.8) is 0 Å². The van der Waals surface area contributed by atoms with Crippen LogP contribution in [0.2, 0.25) is 0 Å². The van der Waals surface area contributed by atoms with Crippen LogP contribution in [0.1, 0.15) is 15.9 Å². The molecule has 24 heavy (non-hydrogen) atoms. The number of nitrogens with one attached hydrogen (secondary N) is 1. The third-order valence-electron chi connectivity index (χ3n) is 3.04. The van der Waals surface area contributed by atoms with E-state index in [2.05, 4.69) is 5.32 Å². The zero-order valence-electron chi connectivity index (χ0n) is 12.0. The molecule has 0 unspecified atom stereocenters. The van der Waals surface area contributed by atoms with Crippen molar-refractivity contribution in [3.8, 4) is 0 Å². The molecule has 1 aromatic heterocycles. The van der Waals surface area contributed by atoms with Crippen LogP contribution in [0.3, 0.4) is 0 Å². The monoisotopic (exact) mass is 340 g/mol. The lowest BCUT2D eigenvalue weighted by Gasteiger charge is -2.11. The van der Waals surface area contributed by atoms with Gasteiger partial charge in [0.25, 0.3) is 5.56 Å². The number of carboxylic acids is 1. The minimum atomic E-state index is -4.63. The van der Waals surface area contributed by atoms with Gasteiger partial charge in [-0.1, -0.05) is 0 Å². The third-order valence-corrected chi connectivity index (χ3v) is 3.04. The van der Waals surface area contributed by atoms with Gasteiger partial charge in [0.1, 0.15) is 6.54 Å². The summed E-state index contributed by atoms with van der Waals surface area (Å²) in [5, 5.41) is 11.1. The van der Waals surface area contributed by atoms with Gasteiger partial charge in [-0.3, -0.25) is 9.59 Å².